The molecule has 0 saturated heterocycles. The Hall–Kier alpha value is -2.04. The summed E-state index contributed by atoms with van der Waals surface area (Å²) in [6.07, 6.45) is 3.97. The Morgan fingerprint density at radius 2 is 1.11 bits per heavy atom. The van der Waals surface area contributed by atoms with Gasteiger partial charge in [0.1, 0.15) is 17.1 Å². The van der Waals surface area contributed by atoms with Crippen LogP contribution < -0.4 is 15.2 Å². The maximum absolute atomic E-state index is 12.6. The second kappa shape index (κ2) is 11.8. The van der Waals surface area contributed by atoms with Crippen molar-refractivity contribution in [2.75, 3.05) is 13.2 Å². The van der Waals surface area contributed by atoms with Gasteiger partial charge in [0.15, 0.2) is 0 Å². The van der Waals surface area contributed by atoms with Gasteiger partial charge in [-0.15, -0.1) is 0 Å². The van der Waals surface area contributed by atoms with Crippen molar-refractivity contribution in [3.63, 3.8) is 0 Å². The van der Waals surface area contributed by atoms with Crippen molar-refractivity contribution in [3.05, 3.63) is 58.7 Å². The molecule has 1 unspecified atom stereocenters. The third-order valence-electron chi connectivity index (χ3n) is 6.68. The van der Waals surface area contributed by atoms with Crippen LogP contribution in [0.2, 0.25) is 0 Å². The molecule has 1 atom stereocenters. The lowest BCUT2D eigenvalue weighted by molar-refractivity contribution is 0.0509. The molecule has 2 aromatic rings. The molecule has 196 valence electrons. The summed E-state index contributed by atoms with van der Waals surface area (Å²) in [5.41, 5.74) is 8.59. The van der Waals surface area contributed by atoms with Gasteiger partial charge in [-0.3, -0.25) is 0 Å². The smallest absolute Gasteiger partial charge is 0.136 e. The molecular formula is C31H49NO3. The lowest BCUT2D eigenvalue weighted by Crippen LogP contribution is -2.45. The highest BCUT2D eigenvalue weighted by atomic mass is 16.5. The summed E-state index contributed by atoms with van der Waals surface area (Å²) in [4.78, 5) is 0. The molecule has 0 heterocycles. The molecule has 0 aliphatic heterocycles. The molecule has 0 radical (unpaired) electrons. The van der Waals surface area contributed by atoms with Gasteiger partial charge in [-0.25, -0.2) is 0 Å². The number of rotatable bonds is 11. The first-order valence-corrected chi connectivity index (χ1v) is 13.3. The van der Waals surface area contributed by atoms with Crippen LogP contribution in [0.25, 0.3) is 0 Å². The number of hydrogen-bond donors (Lipinski definition) is 2. The Morgan fingerprint density at radius 3 is 1.40 bits per heavy atom. The molecule has 4 nitrogen and oxygen atoms in total. The Bertz CT molecular complexity index is 879. The van der Waals surface area contributed by atoms with Crippen LogP contribution in [0, 0.1) is 0 Å². The Balaban J connectivity index is 2.83. The first kappa shape index (κ1) is 29.2. The average molecular weight is 484 g/mol. The molecule has 3 N–H and O–H groups in total. The van der Waals surface area contributed by atoms with E-state index in [2.05, 4.69) is 79.7 Å². The first-order chi connectivity index (χ1) is 16.3. The van der Waals surface area contributed by atoms with Crippen molar-refractivity contribution in [2.24, 2.45) is 5.73 Å². The zero-order valence-corrected chi connectivity index (χ0v) is 23.6. The zero-order valence-electron chi connectivity index (χ0n) is 23.6. The van der Waals surface area contributed by atoms with Gasteiger partial charge in [-0.2, -0.15) is 0 Å². The minimum atomic E-state index is -1.49. The molecule has 0 aliphatic carbocycles. The molecule has 0 bridgehead atoms. The average Bonchev–Trinajstić information content (AvgIpc) is 2.77. The van der Waals surface area contributed by atoms with Crippen LogP contribution in [-0.4, -0.2) is 24.4 Å². The summed E-state index contributed by atoms with van der Waals surface area (Å²) < 4.78 is 12.5. The molecule has 0 aliphatic rings. The van der Waals surface area contributed by atoms with E-state index in [1.807, 2.05) is 19.1 Å². The molecule has 0 aromatic heterocycles. The van der Waals surface area contributed by atoms with Crippen LogP contribution in [-0.2, 0) is 16.4 Å². The van der Waals surface area contributed by atoms with Gasteiger partial charge < -0.3 is 20.3 Å². The summed E-state index contributed by atoms with van der Waals surface area (Å²) in [6.45, 7) is 20.4. The lowest BCUT2D eigenvalue weighted by Gasteiger charge is -2.37. The molecule has 4 heteroatoms. The predicted octanol–water partition coefficient (Wildman–Crippen LogP) is 7.22. The van der Waals surface area contributed by atoms with Crippen molar-refractivity contribution in [3.8, 4) is 11.5 Å². The van der Waals surface area contributed by atoms with Crippen LogP contribution in [0.15, 0.2) is 36.4 Å². The number of nitrogens with two attached hydrogens (primary N) is 1. The summed E-state index contributed by atoms with van der Waals surface area (Å²) >= 11 is 0. The molecule has 0 saturated carbocycles. The van der Waals surface area contributed by atoms with E-state index >= 15 is 0 Å². The molecule has 0 amide bonds. The van der Waals surface area contributed by atoms with E-state index in [4.69, 9.17) is 15.2 Å². The van der Waals surface area contributed by atoms with Crippen molar-refractivity contribution in [1.29, 1.82) is 0 Å². The second-order valence-electron chi connectivity index (χ2n) is 11.9. The monoisotopic (exact) mass is 483 g/mol. The van der Waals surface area contributed by atoms with Crippen molar-refractivity contribution >= 4 is 0 Å². The first-order valence-electron chi connectivity index (χ1n) is 13.3. The van der Waals surface area contributed by atoms with Gasteiger partial charge in [0.25, 0.3) is 0 Å². The summed E-state index contributed by atoms with van der Waals surface area (Å²) in [5, 5.41) is 12.6. The Labute approximate surface area is 214 Å². The van der Waals surface area contributed by atoms with Gasteiger partial charge >= 0.3 is 0 Å². The minimum Gasteiger partial charge on any atom is -0.493 e. The van der Waals surface area contributed by atoms with Gasteiger partial charge in [0.2, 0.25) is 0 Å². The van der Waals surface area contributed by atoms with E-state index in [1.54, 1.807) is 0 Å². The van der Waals surface area contributed by atoms with Crippen molar-refractivity contribution in [2.45, 2.75) is 110 Å². The minimum absolute atomic E-state index is 0.0941. The molecule has 0 spiro atoms. The molecule has 35 heavy (non-hydrogen) atoms. The van der Waals surface area contributed by atoms with E-state index in [0.717, 1.165) is 36.8 Å². The maximum atomic E-state index is 12.6. The van der Waals surface area contributed by atoms with Gasteiger partial charge in [-0.05, 0) is 66.0 Å². The molecule has 2 aromatic carbocycles. The maximum Gasteiger partial charge on any atom is 0.136 e. The number of benzene rings is 2. The van der Waals surface area contributed by atoms with E-state index in [9.17, 15) is 5.11 Å². The van der Waals surface area contributed by atoms with Gasteiger partial charge in [0, 0.05) is 17.2 Å². The summed E-state index contributed by atoms with van der Waals surface area (Å²) in [5.74, 6) is 1.35. The standard InChI is InChI=1S/C31H49NO3/c1-10-12-18-34-27-16-14-23(29(4,5)6)20-25(27)31(33,22(3)32)26-21-24(30(7,8)9)15-17-28(26)35-19-13-11-2/h14-17,20-22,33H,10-13,18-19,32H2,1-9H3. The van der Waals surface area contributed by atoms with E-state index in [0.29, 0.717) is 35.8 Å². The fraction of sp³-hybridized carbons (Fsp3) is 0.613. The second-order valence-corrected chi connectivity index (χ2v) is 11.9. The fourth-order valence-electron chi connectivity index (χ4n) is 4.13. The van der Waals surface area contributed by atoms with Crippen LogP contribution in [0.5, 0.6) is 11.5 Å². The molecular weight excluding hydrogens is 434 g/mol. The Kier molecular flexibility index (Phi) is 9.84. The van der Waals surface area contributed by atoms with Crippen molar-refractivity contribution < 1.29 is 14.6 Å². The summed E-state index contributed by atoms with van der Waals surface area (Å²) in [6, 6.07) is 11.7. The van der Waals surface area contributed by atoms with Crippen LogP contribution in [0.1, 0.15) is 110 Å². The van der Waals surface area contributed by atoms with E-state index in [-0.39, 0.29) is 10.8 Å². The van der Waals surface area contributed by atoms with Gasteiger partial charge in [0.05, 0.1) is 13.2 Å². The number of aliphatic hydroxyl groups is 1. The van der Waals surface area contributed by atoms with Crippen LogP contribution in [0.3, 0.4) is 0 Å². The summed E-state index contributed by atoms with van der Waals surface area (Å²) in [7, 11) is 0. The number of hydrogen-bond acceptors (Lipinski definition) is 4. The van der Waals surface area contributed by atoms with Crippen LogP contribution in [0.4, 0.5) is 0 Å². The highest BCUT2D eigenvalue weighted by molar-refractivity contribution is 5.54. The molecule has 0 fully saturated rings. The quantitative estimate of drug-likeness (QED) is 0.331. The predicted molar refractivity (Wildman–Crippen MR) is 148 cm³/mol. The van der Waals surface area contributed by atoms with E-state index < -0.39 is 11.6 Å². The normalized spacial score (nSPS) is 13.6. The van der Waals surface area contributed by atoms with Crippen LogP contribution >= 0.6 is 0 Å². The third kappa shape index (κ3) is 7.01. The van der Waals surface area contributed by atoms with Gasteiger partial charge in [-0.1, -0.05) is 80.4 Å². The van der Waals surface area contributed by atoms with Crippen molar-refractivity contribution in [1.82, 2.24) is 0 Å². The molecule has 2 rings (SSSR count). The SMILES string of the molecule is CCCCOc1ccc(C(C)(C)C)cc1C(O)(c1cc(C(C)(C)C)ccc1OCCCC)C(C)N. The third-order valence-corrected chi connectivity index (χ3v) is 6.68. The lowest BCUT2D eigenvalue weighted by atomic mass is 9.75. The number of unbranched alkanes of at least 4 members (excludes halogenated alkanes) is 2. The van der Waals surface area contributed by atoms with E-state index in [1.165, 1.54) is 0 Å². The highest BCUT2D eigenvalue weighted by Crippen LogP contribution is 2.45. The zero-order chi connectivity index (χ0) is 26.4. The topological polar surface area (TPSA) is 64.7 Å². The fourth-order valence-corrected chi connectivity index (χ4v) is 4.13. The highest BCUT2D eigenvalue weighted by Gasteiger charge is 2.42. The number of ether oxygens (including phenoxy) is 2. The largest absolute Gasteiger partial charge is 0.493 e. The Morgan fingerprint density at radius 1 is 0.743 bits per heavy atom.